The molecule has 0 aromatic heterocycles. The van der Waals surface area contributed by atoms with Crippen LogP contribution in [0.15, 0.2) is 18.2 Å². The average Bonchev–Trinajstić information content (AvgIpc) is 2.36. The molecular formula is C15H19ClN2O3. The van der Waals surface area contributed by atoms with Crippen LogP contribution in [0.4, 0.5) is 5.69 Å². The Morgan fingerprint density at radius 3 is 2.62 bits per heavy atom. The highest BCUT2D eigenvalue weighted by Gasteiger charge is 2.42. The minimum Gasteiger partial charge on any atom is -0.480 e. The van der Waals surface area contributed by atoms with Gasteiger partial charge in [-0.1, -0.05) is 25.4 Å². The maximum atomic E-state index is 11.7. The van der Waals surface area contributed by atoms with Gasteiger partial charge < -0.3 is 15.7 Å². The third kappa shape index (κ3) is 2.97. The molecular weight excluding hydrogens is 292 g/mol. The summed E-state index contributed by atoms with van der Waals surface area (Å²) in [6.07, 6.45) is 1.76. The zero-order valence-corrected chi connectivity index (χ0v) is 12.9. The number of carboxylic acid groups (broad SMARTS) is 1. The lowest BCUT2D eigenvalue weighted by Crippen LogP contribution is -2.54. The highest BCUT2D eigenvalue weighted by atomic mass is 35.5. The molecule has 1 unspecified atom stereocenters. The predicted molar refractivity (Wildman–Crippen MR) is 81.8 cm³/mol. The topological polar surface area (TPSA) is 83.6 Å². The van der Waals surface area contributed by atoms with Gasteiger partial charge in [0.15, 0.2) is 0 Å². The summed E-state index contributed by atoms with van der Waals surface area (Å²) < 4.78 is 0. The van der Waals surface area contributed by atoms with Gasteiger partial charge in [0.2, 0.25) is 5.91 Å². The summed E-state index contributed by atoms with van der Waals surface area (Å²) in [7, 11) is 0. The fraction of sp³-hybridized carbons (Fsp3) is 0.467. The van der Waals surface area contributed by atoms with Gasteiger partial charge in [0.25, 0.3) is 0 Å². The first-order valence-electron chi connectivity index (χ1n) is 6.83. The Bertz CT molecular complexity index is 586. The minimum atomic E-state index is -0.852. The molecule has 1 atom stereocenters. The minimum absolute atomic E-state index is 0.239. The van der Waals surface area contributed by atoms with Gasteiger partial charge >= 0.3 is 5.97 Å². The SMILES string of the molecule is CC1(C)CCCN(c2ccc(C(N)=O)c(Cl)c2)C1C(=O)O. The molecule has 1 heterocycles. The van der Waals surface area contributed by atoms with Crippen LogP contribution in [0.1, 0.15) is 37.0 Å². The Balaban J connectivity index is 2.41. The van der Waals surface area contributed by atoms with Gasteiger partial charge in [-0.3, -0.25) is 4.79 Å². The molecule has 5 nitrogen and oxygen atoms in total. The maximum Gasteiger partial charge on any atom is 0.326 e. The number of hydrogen-bond acceptors (Lipinski definition) is 3. The molecule has 21 heavy (non-hydrogen) atoms. The van der Waals surface area contributed by atoms with Crippen molar-refractivity contribution in [2.75, 3.05) is 11.4 Å². The van der Waals surface area contributed by atoms with Crippen LogP contribution in [0.25, 0.3) is 0 Å². The Morgan fingerprint density at radius 2 is 2.10 bits per heavy atom. The van der Waals surface area contributed by atoms with Gasteiger partial charge in [-0.05, 0) is 36.5 Å². The quantitative estimate of drug-likeness (QED) is 0.898. The van der Waals surface area contributed by atoms with Gasteiger partial charge in [-0.2, -0.15) is 0 Å². The Morgan fingerprint density at radius 1 is 1.43 bits per heavy atom. The third-order valence-corrected chi connectivity index (χ3v) is 4.37. The molecule has 1 fully saturated rings. The van der Waals surface area contributed by atoms with Crippen LogP contribution in [0.2, 0.25) is 5.02 Å². The lowest BCUT2D eigenvalue weighted by Gasteiger charge is -2.45. The fourth-order valence-electron chi connectivity index (χ4n) is 3.02. The Labute approximate surface area is 128 Å². The number of nitrogens with two attached hydrogens (primary N) is 1. The van der Waals surface area contributed by atoms with E-state index in [4.69, 9.17) is 17.3 Å². The van der Waals surface area contributed by atoms with Gasteiger partial charge in [0.1, 0.15) is 6.04 Å². The number of benzene rings is 1. The van der Waals surface area contributed by atoms with E-state index in [0.29, 0.717) is 12.2 Å². The lowest BCUT2D eigenvalue weighted by molar-refractivity contribution is -0.142. The number of primary amides is 1. The largest absolute Gasteiger partial charge is 0.480 e. The van der Waals surface area contributed by atoms with Crippen LogP contribution in [0.5, 0.6) is 0 Å². The Kier molecular flexibility index (Phi) is 4.14. The molecule has 2 rings (SSSR count). The fourth-order valence-corrected chi connectivity index (χ4v) is 3.29. The van der Waals surface area contributed by atoms with Crippen molar-refractivity contribution >= 4 is 29.2 Å². The molecule has 114 valence electrons. The van der Waals surface area contributed by atoms with Crippen LogP contribution >= 0.6 is 11.6 Å². The number of carbonyl (C=O) groups is 2. The maximum absolute atomic E-state index is 11.7. The molecule has 0 saturated carbocycles. The smallest absolute Gasteiger partial charge is 0.326 e. The van der Waals surface area contributed by atoms with Crippen molar-refractivity contribution in [3.8, 4) is 0 Å². The van der Waals surface area contributed by atoms with E-state index in [9.17, 15) is 14.7 Å². The summed E-state index contributed by atoms with van der Waals surface area (Å²) in [5.41, 5.74) is 5.83. The predicted octanol–water partition coefficient (Wildman–Crippen LogP) is 2.52. The van der Waals surface area contributed by atoms with Gasteiger partial charge in [0.05, 0.1) is 10.6 Å². The van der Waals surface area contributed by atoms with Crippen molar-refractivity contribution in [2.24, 2.45) is 11.1 Å². The molecule has 1 aliphatic rings. The number of anilines is 1. The van der Waals surface area contributed by atoms with E-state index >= 15 is 0 Å². The molecule has 0 aliphatic carbocycles. The summed E-state index contributed by atoms with van der Waals surface area (Å²) in [5.74, 6) is -1.45. The first-order chi connectivity index (χ1) is 9.74. The van der Waals surface area contributed by atoms with Crippen molar-refractivity contribution in [3.05, 3.63) is 28.8 Å². The normalized spacial score (nSPS) is 21.1. The number of halogens is 1. The number of rotatable bonds is 3. The number of carboxylic acids is 1. The summed E-state index contributed by atoms with van der Waals surface area (Å²) in [6.45, 7) is 4.56. The van der Waals surface area contributed by atoms with Crippen LogP contribution in [-0.4, -0.2) is 29.6 Å². The van der Waals surface area contributed by atoms with Crippen molar-refractivity contribution < 1.29 is 14.7 Å². The average molecular weight is 311 g/mol. The van der Waals surface area contributed by atoms with Gasteiger partial charge in [0, 0.05) is 12.2 Å². The molecule has 3 N–H and O–H groups in total. The molecule has 0 radical (unpaired) electrons. The van der Waals surface area contributed by atoms with Crippen molar-refractivity contribution in [1.82, 2.24) is 0 Å². The molecule has 1 aliphatic heterocycles. The second-order valence-electron chi connectivity index (χ2n) is 6.05. The van der Waals surface area contributed by atoms with Gasteiger partial charge in [-0.15, -0.1) is 0 Å². The molecule has 1 saturated heterocycles. The third-order valence-electron chi connectivity index (χ3n) is 4.06. The molecule has 6 heteroatoms. The summed E-state index contributed by atoms with van der Waals surface area (Å²) in [6, 6.07) is 4.23. The zero-order valence-electron chi connectivity index (χ0n) is 12.1. The van der Waals surface area contributed by atoms with E-state index in [1.807, 2.05) is 18.7 Å². The number of hydrogen-bond donors (Lipinski definition) is 2. The first kappa shape index (κ1) is 15.6. The zero-order chi connectivity index (χ0) is 15.8. The molecule has 0 spiro atoms. The second-order valence-corrected chi connectivity index (χ2v) is 6.46. The second kappa shape index (κ2) is 5.56. The number of piperidine rings is 1. The van der Waals surface area contributed by atoms with Crippen molar-refractivity contribution in [1.29, 1.82) is 0 Å². The molecule has 1 aromatic rings. The number of aliphatic carboxylic acids is 1. The van der Waals surface area contributed by atoms with E-state index in [1.54, 1.807) is 18.2 Å². The standard InChI is InChI=1S/C15H19ClN2O3/c1-15(2)6-3-7-18(12(15)14(20)21)9-4-5-10(13(17)19)11(16)8-9/h4-5,8,12H,3,6-7H2,1-2H3,(H2,17,19)(H,20,21). The van der Waals surface area contributed by atoms with E-state index in [1.165, 1.54) is 0 Å². The van der Waals surface area contributed by atoms with E-state index < -0.39 is 17.9 Å². The highest BCUT2D eigenvalue weighted by molar-refractivity contribution is 6.34. The number of carbonyl (C=O) groups excluding carboxylic acids is 1. The molecule has 1 aromatic carbocycles. The van der Waals surface area contributed by atoms with Crippen LogP contribution < -0.4 is 10.6 Å². The van der Waals surface area contributed by atoms with Crippen LogP contribution in [0, 0.1) is 5.41 Å². The van der Waals surface area contributed by atoms with Crippen molar-refractivity contribution in [2.45, 2.75) is 32.7 Å². The van der Waals surface area contributed by atoms with Crippen molar-refractivity contribution in [3.63, 3.8) is 0 Å². The lowest BCUT2D eigenvalue weighted by atomic mass is 9.76. The first-order valence-corrected chi connectivity index (χ1v) is 7.20. The summed E-state index contributed by atoms with van der Waals surface area (Å²) in [4.78, 5) is 24.7. The van der Waals surface area contributed by atoms with Crippen LogP contribution in [-0.2, 0) is 4.79 Å². The highest BCUT2D eigenvalue weighted by Crippen LogP contribution is 2.38. The van der Waals surface area contributed by atoms with E-state index in [-0.39, 0.29) is 16.0 Å². The van der Waals surface area contributed by atoms with Crippen LogP contribution in [0.3, 0.4) is 0 Å². The van der Waals surface area contributed by atoms with E-state index in [2.05, 4.69) is 0 Å². The summed E-state index contributed by atoms with van der Waals surface area (Å²) in [5, 5.41) is 9.81. The monoisotopic (exact) mass is 310 g/mol. The summed E-state index contributed by atoms with van der Waals surface area (Å²) >= 11 is 6.07. The Hall–Kier alpha value is -1.75. The van der Waals surface area contributed by atoms with E-state index in [0.717, 1.165) is 12.8 Å². The molecule has 1 amide bonds. The number of nitrogens with zero attached hydrogens (tertiary/aromatic N) is 1. The number of amides is 1. The van der Waals surface area contributed by atoms with Gasteiger partial charge in [-0.25, -0.2) is 4.79 Å². The molecule has 0 bridgehead atoms.